The van der Waals surface area contributed by atoms with E-state index in [0.717, 1.165) is 11.8 Å². The number of amides is 1. The molecule has 2 heterocycles. The molecule has 0 unspecified atom stereocenters. The van der Waals surface area contributed by atoms with Crippen LogP contribution in [-0.4, -0.2) is 43.8 Å². The molecule has 1 fully saturated rings. The zero-order valence-corrected chi connectivity index (χ0v) is 13.6. The number of aliphatic carboxylic acids is 1. The Morgan fingerprint density at radius 2 is 2.09 bits per heavy atom. The molecule has 0 saturated carbocycles. The van der Waals surface area contributed by atoms with Gasteiger partial charge in [0.1, 0.15) is 4.32 Å². The summed E-state index contributed by atoms with van der Waals surface area (Å²) in [5, 5.41) is 19.0. The highest BCUT2D eigenvalue weighted by molar-refractivity contribution is 8.26. The molecule has 0 aliphatic carbocycles. The van der Waals surface area contributed by atoms with E-state index in [-0.39, 0.29) is 24.4 Å². The fraction of sp³-hybridized carbons (Fsp3) is 0.231. The van der Waals surface area contributed by atoms with Crippen LogP contribution in [0, 0.1) is 0 Å². The summed E-state index contributed by atoms with van der Waals surface area (Å²) in [5.74, 6) is -2.21. The van der Waals surface area contributed by atoms with Gasteiger partial charge < -0.3 is 10.2 Å². The van der Waals surface area contributed by atoms with Gasteiger partial charge in [-0.1, -0.05) is 24.0 Å². The maximum Gasteiger partial charge on any atom is 0.336 e. The minimum absolute atomic E-state index is 0.0248. The quantitative estimate of drug-likeness (QED) is 0.596. The van der Waals surface area contributed by atoms with E-state index in [0.29, 0.717) is 20.5 Å². The van der Waals surface area contributed by atoms with Gasteiger partial charge in [-0.05, 0) is 18.6 Å². The minimum Gasteiger partial charge on any atom is -0.481 e. The molecule has 1 aliphatic rings. The molecule has 0 bridgehead atoms. The van der Waals surface area contributed by atoms with Crippen molar-refractivity contribution in [1.82, 2.24) is 4.90 Å². The Balaban J connectivity index is 2.08. The Morgan fingerprint density at radius 1 is 1.36 bits per heavy atom. The number of carbonyl (C=O) groups is 3. The Kier molecular flexibility index (Phi) is 5.33. The molecule has 1 saturated heterocycles. The third-order valence-corrected chi connectivity index (χ3v) is 5.04. The summed E-state index contributed by atoms with van der Waals surface area (Å²) in [4.78, 5) is 36.0. The lowest BCUT2D eigenvalue weighted by atomic mass is 10.3. The van der Waals surface area contributed by atoms with Gasteiger partial charge in [-0.3, -0.25) is 14.5 Å². The topological polar surface area (TPSA) is 94.9 Å². The first kappa shape index (κ1) is 16.7. The summed E-state index contributed by atoms with van der Waals surface area (Å²) in [7, 11) is 0. The smallest absolute Gasteiger partial charge is 0.336 e. The van der Waals surface area contributed by atoms with Gasteiger partial charge in [-0.2, -0.15) is 0 Å². The molecule has 1 aliphatic heterocycles. The van der Waals surface area contributed by atoms with Gasteiger partial charge in [0.25, 0.3) is 5.91 Å². The average molecular weight is 357 g/mol. The van der Waals surface area contributed by atoms with Crippen LogP contribution < -0.4 is 0 Å². The molecule has 22 heavy (non-hydrogen) atoms. The second-order valence-corrected chi connectivity index (χ2v) is 6.99. The summed E-state index contributed by atoms with van der Waals surface area (Å²) in [6.07, 6.45) is 1.91. The van der Waals surface area contributed by atoms with Crippen LogP contribution in [0.5, 0.6) is 0 Å². The standard InChI is InChI=1S/C13H11NO5S3/c15-10(16)2-1-3-14-11(17)9(22-13(14)20)5-8-4-7(6-21-8)12(18)19/h4-6H,1-3H2,(H,15,16)(H,18,19). The lowest BCUT2D eigenvalue weighted by molar-refractivity contribution is -0.137. The number of hydrogen-bond acceptors (Lipinski definition) is 6. The summed E-state index contributed by atoms with van der Waals surface area (Å²) >= 11 is 7.49. The van der Waals surface area contributed by atoms with Gasteiger partial charge in [0.15, 0.2) is 0 Å². The fourth-order valence-corrected chi connectivity index (χ4v) is 3.94. The summed E-state index contributed by atoms with van der Waals surface area (Å²) in [6.45, 7) is 0.263. The van der Waals surface area contributed by atoms with Crippen LogP contribution in [0.4, 0.5) is 0 Å². The van der Waals surface area contributed by atoms with E-state index < -0.39 is 11.9 Å². The number of thiophene rings is 1. The molecule has 0 radical (unpaired) electrons. The van der Waals surface area contributed by atoms with Crippen LogP contribution in [0.2, 0.25) is 0 Å². The SMILES string of the molecule is O=C(O)CCCN1C(=O)C(=Cc2cc(C(=O)O)cs2)SC1=S. The number of carboxylic acid groups (broad SMARTS) is 2. The van der Waals surface area contributed by atoms with Crippen LogP contribution in [0.3, 0.4) is 0 Å². The molecule has 2 N–H and O–H groups in total. The van der Waals surface area contributed by atoms with Crippen LogP contribution in [-0.2, 0) is 9.59 Å². The van der Waals surface area contributed by atoms with Crippen LogP contribution in [0.15, 0.2) is 16.4 Å². The third kappa shape index (κ3) is 3.93. The van der Waals surface area contributed by atoms with Gasteiger partial charge in [0, 0.05) is 23.2 Å². The predicted octanol–water partition coefficient (Wildman–Crippen LogP) is 2.51. The molecule has 1 aromatic heterocycles. The van der Waals surface area contributed by atoms with Crippen LogP contribution in [0.25, 0.3) is 6.08 Å². The van der Waals surface area contributed by atoms with Crippen molar-refractivity contribution in [2.75, 3.05) is 6.54 Å². The van der Waals surface area contributed by atoms with Gasteiger partial charge in [-0.15, -0.1) is 11.3 Å². The van der Waals surface area contributed by atoms with Crippen molar-refractivity contribution in [2.24, 2.45) is 0 Å². The molecule has 1 aromatic rings. The maximum atomic E-state index is 12.2. The monoisotopic (exact) mass is 357 g/mol. The van der Waals surface area contributed by atoms with E-state index in [1.165, 1.54) is 27.7 Å². The molecular formula is C13H11NO5S3. The van der Waals surface area contributed by atoms with Crippen molar-refractivity contribution in [3.63, 3.8) is 0 Å². The molecule has 0 spiro atoms. The average Bonchev–Trinajstić information content (AvgIpc) is 2.99. The molecule has 0 atom stereocenters. The van der Waals surface area contributed by atoms with E-state index in [1.54, 1.807) is 6.08 Å². The lowest BCUT2D eigenvalue weighted by Gasteiger charge is -2.13. The number of rotatable bonds is 6. The van der Waals surface area contributed by atoms with Crippen molar-refractivity contribution in [3.8, 4) is 0 Å². The summed E-state index contributed by atoms with van der Waals surface area (Å²) in [6, 6.07) is 1.49. The number of thioether (sulfide) groups is 1. The van der Waals surface area contributed by atoms with E-state index in [9.17, 15) is 14.4 Å². The number of aromatic carboxylic acids is 1. The largest absolute Gasteiger partial charge is 0.481 e. The van der Waals surface area contributed by atoms with Crippen molar-refractivity contribution >= 4 is 63.6 Å². The van der Waals surface area contributed by atoms with Crippen molar-refractivity contribution < 1.29 is 24.6 Å². The first-order valence-electron chi connectivity index (χ1n) is 6.17. The zero-order valence-electron chi connectivity index (χ0n) is 11.1. The zero-order chi connectivity index (χ0) is 16.3. The normalized spacial score (nSPS) is 16.5. The molecule has 2 rings (SSSR count). The molecule has 6 nitrogen and oxygen atoms in total. The predicted molar refractivity (Wildman–Crippen MR) is 88.0 cm³/mol. The molecular weight excluding hydrogens is 346 g/mol. The molecule has 0 aromatic carbocycles. The highest BCUT2D eigenvalue weighted by Crippen LogP contribution is 2.33. The van der Waals surface area contributed by atoms with Gasteiger partial charge in [0.2, 0.25) is 0 Å². The Hall–Kier alpha value is -1.71. The highest BCUT2D eigenvalue weighted by atomic mass is 32.2. The minimum atomic E-state index is -1.02. The highest BCUT2D eigenvalue weighted by Gasteiger charge is 2.31. The third-order valence-electron chi connectivity index (χ3n) is 2.79. The van der Waals surface area contributed by atoms with E-state index in [4.69, 9.17) is 22.4 Å². The number of hydrogen-bond donors (Lipinski definition) is 2. The van der Waals surface area contributed by atoms with Gasteiger partial charge in [-0.25, -0.2) is 4.79 Å². The number of carbonyl (C=O) groups excluding carboxylic acids is 1. The van der Waals surface area contributed by atoms with E-state index in [1.807, 2.05) is 0 Å². The maximum absolute atomic E-state index is 12.2. The van der Waals surface area contributed by atoms with E-state index in [2.05, 4.69) is 0 Å². The number of thiocarbonyl (C=S) groups is 1. The molecule has 9 heteroatoms. The van der Waals surface area contributed by atoms with Crippen molar-refractivity contribution in [1.29, 1.82) is 0 Å². The number of nitrogens with zero attached hydrogens (tertiary/aromatic N) is 1. The second-order valence-electron chi connectivity index (χ2n) is 4.37. The number of carboxylic acids is 2. The lowest BCUT2D eigenvalue weighted by Crippen LogP contribution is -2.29. The Bertz CT molecular complexity index is 679. The molecule has 1 amide bonds. The van der Waals surface area contributed by atoms with Crippen molar-refractivity contribution in [2.45, 2.75) is 12.8 Å². The fourth-order valence-electron chi connectivity index (χ4n) is 1.75. The first-order valence-corrected chi connectivity index (χ1v) is 8.28. The first-order chi connectivity index (χ1) is 10.4. The molecule has 116 valence electrons. The van der Waals surface area contributed by atoms with Crippen LogP contribution >= 0.6 is 35.3 Å². The van der Waals surface area contributed by atoms with Gasteiger partial charge in [0.05, 0.1) is 10.5 Å². The van der Waals surface area contributed by atoms with Crippen LogP contribution in [0.1, 0.15) is 28.1 Å². The summed E-state index contributed by atoms with van der Waals surface area (Å²) in [5.41, 5.74) is 0.174. The van der Waals surface area contributed by atoms with Gasteiger partial charge >= 0.3 is 11.9 Å². The summed E-state index contributed by atoms with van der Waals surface area (Å²) < 4.78 is 0.386. The van der Waals surface area contributed by atoms with Crippen molar-refractivity contribution in [3.05, 3.63) is 26.8 Å². The Morgan fingerprint density at radius 3 is 2.68 bits per heavy atom. The second kappa shape index (κ2) is 7.03. The Labute approximate surface area is 139 Å². The van der Waals surface area contributed by atoms with E-state index >= 15 is 0 Å².